The molecule has 1 saturated heterocycles. The van der Waals surface area contributed by atoms with Crippen molar-refractivity contribution in [2.75, 3.05) is 50.8 Å². The smallest absolute Gasteiger partial charge is 0.142 e. The maximum atomic E-state index is 8.80. The molecule has 0 aromatic heterocycles. The molecule has 0 atom stereocenters. The summed E-state index contributed by atoms with van der Waals surface area (Å²) in [6.45, 7) is 8.55. The van der Waals surface area contributed by atoms with Crippen molar-refractivity contribution < 1.29 is 9.84 Å². The van der Waals surface area contributed by atoms with Crippen LogP contribution >= 0.6 is 0 Å². The highest BCUT2D eigenvalue weighted by Crippen LogP contribution is 2.28. The van der Waals surface area contributed by atoms with Crippen LogP contribution in [0.2, 0.25) is 0 Å². The van der Waals surface area contributed by atoms with E-state index in [0.717, 1.165) is 51.3 Å². The third-order valence-corrected chi connectivity index (χ3v) is 4.01. The largest absolute Gasteiger partial charge is 0.492 e. The highest BCUT2D eigenvalue weighted by Gasteiger charge is 2.19. The van der Waals surface area contributed by atoms with E-state index in [9.17, 15) is 0 Å². The number of aliphatic hydroxyl groups is 1. The maximum Gasteiger partial charge on any atom is 0.142 e. The molecular formula is C17H28N2O2. The number of unbranched alkanes of at least 4 members (excludes halogenated alkanes) is 2. The molecule has 1 aliphatic rings. The van der Waals surface area contributed by atoms with Crippen LogP contribution in [0.15, 0.2) is 24.3 Å². The van der Waals surface area contributed by atoms with Crippen molar-refractivity contribution in [2.24, 2.45) is 0 Å². The SMILES string of the molecule is CCOc1ccccc1N1CCN(CCCCCO)CC1. The van der Waals surface area contributed by atoms with Crippen molar-refractivity contribution in [1.29, 1.82) is 0 Å². The standard InChI is InChI=1S/C17H28N2O2/c1-2-21-17-9-5-4-8-16(17)19-13-11-18(12-14-19)10-6-3-7-15-20/h4-5,8-9,20H,2-3,6-7,10-15H2,1H3. The molecule has 0 aliphatic carbocycles. The first kappa shape index (κ1) is 16.1. The summed E-state index contributed by atoms with van der Waals surface area (Å²) in [5, 5.41) is 8.80. The van der Waals surface area contributed by atoms with Gasteiger partial charge in [0.05, 0.1) is 12.3 Å². The Balaban J connectivity index is 1.81. The topological polar surface area (TPSA) is 35.9 Å². The van der Waals surface area contributed by atoms with E-state index in [1.165, 1.54) is 12.1 Å². The van der Waals surface area contributed by atoms with Gasteiger partial charge in [-0.2, -0.15) is 0 Å². The number of rotatable bonds is 8. The molecule has 1 aromatic rings. The summed E-state index contributed by atoms with van der Waals surface area (Å²) in [5.41, 5.74) is 1.22. The minimum absolute atomic E-state index is 0.321. The van der Waals surface area contributed by atoms with Gasteiger partial charge in [-0.05, 0) is 44.9 Å². The molecule has 21 heavy (non-hydrogen) atoms. The van der Waals surface area contributed by atoms with E-state index < -0.39 is 0 Å². The lowest BCUT2D eigenvalue weighted by atomic mass is 10.2. The number of anilines is 1. The molecule has 2 rings (SSSR count). The monoisotopic (exact) mass is 292 g/mol. The van der Waals surface area contributed by atoms with E-state index in [1.54, 1.807) is 0 Å². The average Bonchev–Trinajstić information content (AvgIpc) is 2.53. The van der Waals surface area contributed by atoms with Crippen LogP contribution in [0.1, 0.15) is 26.2 Å². The fourth-order valence-corrected chi connectivity index (χ4v) is 2.83. The summed E-state index contributed by atoms with van der Waals surface area (Å²) in [7, 11) is 0. The van der Waals surface area contributed by atoms with Gasteiger partial charge in [-0.15, -0.1) is 0 Å². The summed E-state index contributed by atoms with van der Waals surface area (Å²) >= 11 is 0. The Morgan fingerprint density at radius 2 is 1.81 bits per heavy atom. The zero-order valence-corrected chi connectivity index (χ0v) is 13.1. The Labute approximate surface area is 128 Å². The van der Waals surface area contributed by atoms with Gasteiger partial charge in [0.1, 0.15) is 5.75 Å². The number of nitrogens with zero attached hydrogens (tertiary/aromatic N) is 2. The second-order valence-corrected chi connectivity index (χ2v) is 5.51. The predicted molar refractivity (Wildman–Crippen MR) is 87.2 cm³/mol. The van der Waals surface area contributed by atoms with Crippen molar-refractivity contribution in [1.82, 2.24) is 4.90 Å². The first-order chi connectivity index (χ1) is 10.3. The summed E-state index contributed by atoms with van der Waals surface area (Å²) in [6.07, 6.45) is 3.25. The Kier molecular flexibility index (Phi) is 6.83. The van der Waals surface area contributed by atoms with Crippen LogP contribution in [-0.2, 0) is 0 Å². The van der Waals surface area contributed by atoms with Gasteiger partial charge in [0.25, 0.3) is 0 Å². The first-order valence-corrected chi connectivity index (χ1v) is 8.15. The molecule has 0 unspecified atom stereocenters. The first-order valence-electron chi connectivity index (χ1n) is 8.15. The molecule has 0 spiro atoms. The molecule has 1 aliphatic heterocycles. The maximum absolute atomic E-state index is 8.80. The zero-order valence-electron chi connectivity index (χ0n) is 13.1. The molecule has 4 heteroatoms. The van der Waals surface area contributed by atoms with Gasteiger partial charge in [-0.3, -0.25) is 4.90 Å². The Bertz CT molecular complexity index is 404. The van der Waals surface area contributed by atoms with Crippen LogP contribution in [0.4, 0.5) is 5.69 Å². The third kappa shape index (κ3) is 4.90. The fraction of sp³-hybridized carbons (Fsp3) is 0.647. The fourth-order valence-electron chi connectivity index (χ4n) is 2.83. The molecule has 4 nitrogen and oxygen atoms in total. The number of hydrogen-bond acceptors (Lipinski definition) is 4. The third-order valence-electron chi connectivity index (χ3n) is 4.01. The Morgan fingerprint density at radius 1 is 1.05 bits per heavy atom. The van der Waals surface area contributed by atoms with Crippen LogP contribution in [0, 0.1) is 0 Å². The Hall–Kier alpha value is -1.26. The molecule has 0 radical (unpaired) electrons. The van der Waals surface area contributed by atoms with Crippen LogP contribution < -0.4 is 9.64 Å². The molecule has 1 heterocycles. The molecule has 0 saturated carbocycles. The number of hydrogen-bond donors (Lipinski definition) is 1. The van der Waals surface area contributed by atoms with Gasteiger partial charge in [-0.1, -0.05) is 12.1 Å². The van der Waals surface area contributed by atoms with Crippen molar-refractivity contribution in [3.63, 3.8) is 0 Å². The van der Waals surface area contributed by atoms with Gasteiger partial charge >= 0.3 is 0 Å². The van der Waals surface area contributed by atoms with Crippen LogP contribution in [0.25, 0.3) is 0 Å². The molecule has 1 fully saturated rings. The van der Waals surface area contributed by atoms with Gasteiger partial charge in [0, 0.05) is 32.8 Å². The number of ether oxygens (including phenoxy) is 1. The molecule has 1 N–H and O–H groups in total. The van der Waals surface area contributed by atoms with E-state index >= 15 is 0 Å². The lowest BCUT2D eigenvalue weighted by Crippen LogP contribution is -2.46. The average molecular weight is 292 g/mol. The number of aliphatic hydroxyl groups excluding tert-OH is 1. The van der Waals surface area contributed by atoms with E-state index in [2.05, 4.69) is 28.0 Å². The highest BCUT2D eigenvalue weighted by molar-refractivity contribution is 5.58. The van der Waals surface area contributed by atoms with Gasteiger partial charge in [0.15, 0.2) is 0 Å². The quantitative estimate of drug-likeness (QED) is 0.746. The van der Waals surface area contributed by atoms with Crippen molar-refractivity contribution in [3.8, 4) is 5.75 Å². The van der Waals surface area contributed by atoms with Crippen molar-refractivity contribution in [2.45, 2.75) is 26.2 Å². The van der Waals surface area contributed by atoms with Gasteiger partial charge in [-0.25, -0.2) is 0 Å². The Morgan fingerprint density at radius 3 is 2.52 bits per heavy atom. The van der Waals surface area contributed by atoms with Crippen LogP contribution in [0.3, 0.4) is 0 Å². The molecular weight excluding hydrogens is 264 g/mol. The van der Waals surface area contributed by atoms with Gasteiger partial charge in [0.2, 0.25) is 0 Å². The predicted octanol–water partition coefficient (Wildman–Crippen LogP) is 2.37. The summed E-state index contributed by atoms with van der Waals surface area (Å²) in [6, 6.07) is 8.33. The van der Waals surface area contributed by atoms with E-state index in [0.29, 0.717) is 13.2 Å². The van der Waals surface area contributed by atoms with Crippen LogP contribution in [-0.4, -0.2) is 55.9 Å². The summed E-state index contributed by atoms with van der Waals surface area (Å²) in [5.74, 6) is 0.997. The lowest BCUT2D eigenvalue weighted by molar-refractivity contribution is 0.241. The minimum atomic E-state index is 0.321. The molecule has 0 amide bonds. The number of piperazine rings is 1. The van der Waals surface area contributed by atoms with Crippen molar-refractivity contribution in [3.05, 3.63) is 24.3 Å². The highest BCUT2D eigenvalue weighted by atomic mass is 16.5. The minimum Gasteiger partial charge on any atom is -0.492 e. The second-order valence-electron chi connectivity index (χ2n) is 5.51. The van der Waals surface area contributed by atoms with E-state index in [-0.39, 0.29) is 0 Å². The molecule has 0 bridgehead atoms. The van der Waals surface area contributed by atoms with Crippen molar-refractivity contribution >= 4 is 5.69 Å². The number of para-hydroxylation sites is 2. The number of benzene rings is 1. The van der Waals surface area contributed by atoms with Gasteiger partial charge < -0.3 is 14.7 Å². The normalized spacial score (nSPS) is 16.2. The lowest BCUT2D eigenvalue weighted by Gasteiger charge is -2.36. The molecule has 118 valence electrons. The van der Waals surface area contributed by atoms with E-state index in [4.69, 9.17) is 9.84 Å². The summed E-state index contributed by atoms with van der Waals surface area (Å²) in [4.78, 5) is 4.95. The summed E-state index contributed by atoms with van der Waals surface area (Å²) < 4.78 is 5.73. The second kappa shape index (κ2) is 8.90. The van der Waals surface area contributed by atoms with Crippen LogP contribution in [0.5, 0.6) is 5.75 Å². The zero-order chi connectivity index (χ0) is 14.9. The van der Waals surface area contributed by atoms with E-state index in [1.807, 2.05) is 13.0 Å². The molecule has 1 aromatic carbocycles.